The summed E-state index contributed by atoms with van der Waals surface area (Å²) in [5.41, 5.74) is 0. The molecule has 0 aromatic rings. The summed E-state index contributed by atoms with van der Waals surface area (Å²) < 4.78 is 6.27. The largest absolute Gasteiger partial charge is 0.442 e. The Morgan fingerprint density at radius 1 is 1.92 bits per heavy atom. The number of hydrogen-bond donors (Lipinski definition) is 1. The lowest BCUT2D eigenvalue weighted by molar-refractivity contribution is -0.119. The molecule has 1 aliphatic heterocycles. The fraction of sp³-hybridized carbons (Fsp3) is 0.667. The van der Waals surface area contributed by atoms with E-state index in [1.54, 1.807) is 0 Å². The zero-order valence-electron chi connectivity index (χ0n) is 6.74. The minimum absolute atomic E-state index is 0.117. The van der Waals surface area contributed by atoms with E-state index in [2.05, 4.69) is 14.7 Å². The number of carbonyl (C=O) groups is 2. The minimum Gasteiger partial charge on any atom is -0.442 e. The van der Waals surface area contributed by atoms with Crippen LogP contribution in [-0.2, 0) is 9.53 Å². The number of nitrogens with zero attached hydrogens (tertiary/aromatic N) is 1. The first-order valence-electron chi connectivity index (χ1n) is 3.57. The first kappa shape index (κ1) is 9.26. The molecule has 2 unspecified atom stereocenters. The van der Waals surface area contributed by atoms with Crippen LogP contribution in [0.25, 0.3) is 0 Å². The van der Waals surface area contributed by atoms with Gasteiger partial charge in [-0.15, -0.1) is 0 Å². The molecule has 0 saturated carbocycles. The van der Waals surface area contributed by atoms with E-state index in [0.717, 1.165) is 0 Å². The lowest BCUT2D eigenvalue weighted by Gasteiger charge is -2.07. The van der Waals surface area contributed by atoms with Gasteiger partial charge in [0.05, 0.1) is 13.1 Å². The molecule has 68 valence electrons. The molecule has 0 bridgehead atoms. The molecule has 0 aromatic heterocycles. The Morgan fingerprint density at radius 3 is 3.00 bits per heavy atom. The van der Waals surface area contributed by atoms with Crippen molar-refractivity contribution in [1.29, 1.82) is 0 Å². The molecular formula is C6H11N2O3P. The lowest BCUT2D eigenvalue weighted by Crippen LogP contribution is -2.32. The molecule has 0 spiro atoms. The van der Waals surface area contributed by atoms with Crippen molar-refractivity contribution >= 4 is 21.4 Å². The third-order valence-electron chi connectivity index (χ3n) is 1.48. The van der Waals surface area contributed by atoms with Gasteiger partial charge in [-0.05, 0) is 9.39 Å². The van der Waals surface area contributed by atoms with Crippen LogP contribution in [0, 0.1) is 0 Å². The number of ether oxygens (including phenoxy) is 1. The topological polar surface area (TPSA) is 58.6 Å². The van der Waals surface area contributed by atoms with Crippen molar-refractivity contribution in [2.75, 3.05) is 13.1 Å². The van der Waals surface area contributed by atoms with Crippen molar-refractivity contribution in [3.05, 3.63) is 0 Å². The molecule has 1 saturated heterocycles. The summed E-state index contributed by atoms with van der Waals surface area (Å²) in [6, 6.07) is 0. The second kappa shape index (κ2) is 3.72. The van der Waals surface area contributed by atoms with E-state index in [4.69, 9.17) is 4.74 Å². The first-order chi connectivity index (χ1) is 5.59. The van der Waals surface area contributed by atoms with Gasteiger partial charge >= 0.3 is 6.09 Å². The summed E-state index contributed by atoms with van der Waals surface area (Å²) in [5, 5.41) is 2.58. The summed E-state index contributed by atoms with van der Waals surface area (Å²) in [7, 11) is 2.26. The molecule has 1 N–H and O–H groups in total. The van der Waals surface area contributed by atoms with Gasteiger partial charge in [-0.25, -0.2) is 4.79 Å². The first-order valence-corrected chi connectivity index (χ1v) is 4.08. The molecular weight excluding hydrogens is 179 g/mol. The monoisotopic (exact) mass is 190 g/mol. The Morgan fingerprint density at radius 2 is 2.58 bits per heavy atom. The van der Waals surface area contributed by atoms with Crippen molar-refractivity contribution < 1.29 is 14.3 Å². The third kappa shape index (κ3) is 2.34. The number of hydrogen-bond acceptors (Lipinski definition) is 3. The maximum Gasteiger partial charge on any atom is 0.413 e. The van der Waals surface area contributed by atoms with Crippen molar-refractivity contribution in [2.45, 2.75) is 13.0 Å². The molecule has 1 rings (SSSR count). The van der Waals surface area contributed by atoms with Crippen LogP contribution in [0.15, 0.2) is 0 Å². The summed E-state index contributed by atoms with van der Waals surface area (Å²) in [5.74, 6) is -0.117. The van der Waals surface area contributed by atoms with E-state index in [9.17, 15) is 9.59 Å². The van der Waals surface area contributed by atoms with Crippen molar-refractivity contribution in [3.63, 3.8) is 0 Å². The fourth-order valence-electron chi connectivity index (χ4n) is 0.905. The Labute approximate surface area is 72.7 Å². The van der Waals surface area contributed by atoms with Gasteiger partial charge in [0.15, 0.2) is 0 Å². The Kier molecular flexibility index (Phi) is 2.87. The molecule has 0 aliphatic carbocycles. The summed E-state index contributed by atoms with van der Waals surface area (Å²) >= 11 is 0. The van der Waals surface area contributed by atoms with Gasteiger partial charge in [0.25, 0.3) is 0 Å². The molecule has 5 nitrogen and oxygen atoms in total. The van der Waals surface area contributed by atoms with Gasteiger partial charge in [0.2, 0.25) is 5.91 Å². The smallest absolute Gasteiger partial charge is 0.413 e. The predicted octanol–water partition coefficient (Wildman–Crippen LogP) is -0.267. The highest BCUT2D eigenvalue weighted by atomic mass is 31.0. The van der Waals surface area contributed by atoms with Crippen molar-refractivity contribution in [2.24, 2.45) is 0 Å². The van der Waals surface area contributed by atoms with Crippen LogP contribution in [0.2, 0.25) is 0 Å². The van der Waals surface area contributed by atoms with Gasteiger partial charge < -0.3 is 10.1 Å². The number of nitrogens with one attached hydrogen (secondary N) is 1. The van der Waals surface area contributed by atoms with Crippen molar-refractivity contribution in [3.8, 4) is 0 Å². The quantitative estimate of drug-likeness (QED) is 0.610. The van der Waals surface area contributed by atoms with Crippen LogP contribution in [0.4, 0.5) is 4.79 Å². The predicted molar refractivity (Wildman–Crippen MR) is 45.4 cm³/mol. The van der Waals surface area contributed by atoms with Gasteiger partial charge in [-0.3, -0.25) is 9.46 Å². The molecule has 0 radical (unpaired) electrons. The maximum atomic E-state index is 10.8. The molecule has 2 atom stereocenters. The van der Waals surface area contributed by atoms with Crippen LogP contribution in [-0.4, -0.2) is 35.9 Å². The highest BCUT2D eigenvalue weighted by Crippen LogP contribution is 2.13. The lowest BCUT2D eigenvalue weighted by atomic mass is 10.3. The average Bonchev–Trinajstić information content (AvgIpc) is 2.28. The zero-order valence-corrected chi connectivity index (χ0v) is 7.90. The van der Waals surface area contributed by atoms with E-state index in [0.29, 0.717) is 13.1 Å². The van der Waals surface area contributed by atoms with Crippen LogP contribution in [0.1, 0.15) is 6.92 Å². The summed E-state index contributed by atoms with van der Waals surface area (Å²) in [6.07, 6.45) is -0.589. The number of amides is 2. The van der Waals surface area contributed by atoms with Gasteiger partial charge in [-0.1, -0.05) is 0 Å². The third-order valence-corrected chi connectivity index (χ3v) is 1.90. The van der Waals surface area contributed by atoms with E-state index in [-0.39, 0.29) is 18.1 Å². The highest BCUT2D eigenvalue weighted by Gasteiger charge is 2.28. The molecule has 12 heavy (non-hydrogen) atoms. The average molecular weight is 190 g/mol. The van der Waals surface area contributed by atoms with E-state index >= 15 is 0 Å². The molecule has 1 aliphatic rings. The zero-order chi connectivity index (χ0) is 9.14. The fourth-order valence-corrected chi connectivity index (χ4v) is 1.20. The molecule has 2 amide bonds. The normalized spacial score (nSPS) is 22.3. The van der Waals surface area contributed by atoms with E-state index < -0.39 is 0 Å². The Bertz CT molecular complexity index is 209. The second-order valence-electron chi connectivity index (χ2n) is 2.60. The SMILES string of the molecule is CC(=O)NCC1CN(P)C(=O)O1. The summed E-state index contributed by atoms with van der Waals surface area (Å²) in [4.78, 5) is 21.3. The Hall–Kier alpha value is -0.830. The second-order valence-corrected chi connectivity index (χ2v) is 3.22. The van der Waals surface area contributed by atoms with Crippen LogP contribution < -0.4 is 5.32 Å². The van der Waals surface area contributed by atoms with Gasteiger partial charge in [-0.2, -0.15) is 0 Å². The number of rotatable bonds is 2. The van der Waals surface area contributed by atoms with E-state index in [1.807, 2.05) is 0 Å². The number of cyclic esters (lactones) is 1. The highest BCUT2D eigenvalue weighted by molar-refractivity contribution is 7.14. The van der Waals surface area contributed by atoms with Crippen molar-refractivity contribution in [1.82, 2.24) is 9.99 Å². The van der Waals surface area contributed by atoms with Crippen LogP contribution in [0.5, 0.6) is 0 Å². The Balaban J connectivity index is 2.28. The van der Waals surface area contributed by atoms with E-state index in [1.165, 1.54) is 11.6 Å². The van der Waals surface area contributed by atoms with Crippen LogP contribution >= 0.6 is 9.39 Å². The molecule has 1 fully saturated rings. The number of carbonyl (C=O) groups excluding carboxylic acids is 2. The standard InChI is InChI=1S/C6H11N2O3P/c1-4(9)7-2-5-3-8(12)6(10)11-5/h5H,2-3,12H2,1H3,(H,7,9). The molecule has 6 heteroatoms. The summed E-state index contributed by atoms with van der Waals surface area (Å²) in [6.45, 7) is 2.31. The molecule has 1 heterocycles. The van der Waals surface area contributed by atoms with Gasteiger partial charge in [0.1, 0.15) is 6.10 Å². The molecule has 0 aromatic carbocycles. The van der Waals surface area contributed by atoms with Crippen LogP contribution in [0.3, 0.4) is 0 Å². The minimum atomic E-state index is -0.365. The van der Waals surface area contributed by atoms with Gasteiger partial charge in [0, 0.05) is 6.92 Å². The maximum absolute atomic E-state index is 10.8.